The molecule has 142 valence electrons. The largest absolute Gasteiger partial charge is 1.00 e. The standard InChI is InChI=1S/C20H38N2.2BrH/c1-9-21(5,6)17(3)14-19-12-11-13-20(16-19)15-18(4)22(7,8)10-2;;/h11-13,16-18H,9-10,14-15H2,1-8H3;2*1H/q+2;;/p-2. The van der Waals surface area contributed by atoms with Gasteiger partial charge in [0.2, 0.25) is 0 Å². The fourth-order valence-corrected chi connectivity index (χ4v) is 2.68. The Morgan fingerprint density at radius 2 is 1.08 bits per heavy atom. The molecule has 0 heterocycles. The Morgan fingerprint density at radius 3 is 1.38 bits per heavy atom. The molecular weight excluding hydrogens is 428 g/mol. The van der Waals surface area contributed by atoms with E-state index in [-0.39, 0.29) is 34.0 Å². The molecule has 0 bridgehead atoms. The second-order valence-electron chi connectivity index (χ2n) is 8.12. The summed E-state index contributed by atoms with van der Waals surface area (Å²) in [6, 6.07) is 10.6. The van der Waals surface area contributed by atoms with Crippen molar-refractivity contribution in [1.82, 2.24) is 0 Å². The van der Waals surface area contributed by atoms with E-state index in [1.165, 1.54) is 24.2 Å². The lowest BCUT2D eigenvalue weighted by molar-refractivity contribution is -0.911. The summed E-state index contributed by atoms with van der Waals surface area (Å²) in [6.45, 7) is 11.7. The molecule has 1 aromatic rings. The summed E-state index contributed by atoms with van der Waals surface area (Å²) in [4.78, 5) is 0. The molecule has 0 aliphatic carbocycles. The van der Waals surface area contributed by atoms with Gasteiger partial charge in [0.15, 0.2) is 0 Å². The van der Waals surface area contributed by atoms with Gasteiger partial charge >= 0.3 is 0 Å². The fraction of sp³-hybridized carbons (Fsp3) is 0.700. The lowest BCUT2D eigenvalue weighted by atomic mass is 9.98. The number of nitrogens with zero attached hydrogens (tertiary/aromatic N) is 2. The number of hydrogen-bond donors (Lipinski definition) is 0. The van der Waals surface area contributed by atoms with Gasteiger partial charge in [0, 0.05) is 12.8 Å². The second-order valence-corrected chi connectivity index (χ2v) is 8.12. The average Bonchev–Trinajstić information content (AvgIpc) is 2.47. The van der Waals surface area contributed by atoms with Crippen LogP contribution >= 0.6 is 0 Å². The van der Waals surface area contributed by atoms with Gasteiger partial charge in [-0.1, -0.05) is 24.3 Å². The molecule has 0 fully saturated rings. The summed E-state index contributed by atoms with van der Waals surface area (Å²) >= 11 is 0. The SMILES string of the molecule is CC[N+](C)(C)C(C)Cc1cccc(CC(C)[N+](C)(C)CC)c1.[Br-].[Br-]. The Hall–Kier alpha value is 0.1000. The molecule has 2 atom stereocenters. The smallest absolute Gasteiger partial charge is 0.0898 e. The number of rotatable bonds is 8. The fourth-order valence-electron chi connectivity index (χ4n) is 2.68. The third-order valence-electron chi connectivity index (χ3n) is 6.07. The van der Waals surface area contributed by atoms with Gasteiger partial charge in [0.05, 0.1) is 53.4 Å². The Morgan fingerprint density at radius 1 is 0.750 bits per heavy atom. The molecule has 24 heavy (non-hydrogen) atoms. The summed E-state index contributed by atoms with van der Waals surface area (Å²) in [5.74, 6) is 0. The van der Waals surface area contributed by atoms with E-state index >= 15 is 0 Å². The third kappa shape index (κ3) is 7.55. The van der Waals surface area contributed by atoms with E-state index in [1.54, 1.807) is 0 Å². The molecule has 1 rings (SSSR count). The highest BCUT2D eigenvalue weighted by Crippen LogP contribution is 2.17. The summed E-state index contributed by atoms with van der Waals surface area (Å²) in [7, 11) is 9.32. The van der Waals surface area contributed by atoms with Crippen molar-refractivity contribution in [2.45, 2.75) is 52.6 Å². The summed E-state index contributed by atoms with van der Waals surface area (Å²) in [6.07, 6.45) is 2.32. The molecular formula is C20H38Br2N2. The normalized spacial score (nSPS) is 14.3. The molecule has 2 unspecified atom stereocenters. The number of likely N-dealkylation sites (N-methyl/N-ethyl adjacent to an activating group) is 2. The van der Waals surface area contributed by atoms with Crippen LogP contribution in [0.1, 0.15) is 38.8 Å². The minimum Gasteiger partial charge on any atom is -1.00 e. The zero-order valence-corrected chi connectivity index (χ0v) is 20.1. The van der Waals surface area contributed by atoms with Crippen LogP contribution < -0.4 is 34.0 Å². The van der Waals surface area contributed by atoms with E-state index in [2.05, 4.69) is 80.2 Å². The molecule has 0 aliphatic rings. The van der Waals surface area contributed by atoms with Gasteiger partial charge in [0.25, 0.3) is 0 Å². The van der Waals surface area contributed by atoms with Crippen molar-refractivity contribution in [1.29, 1.82) is 0 Å². The first-order valence-corrected chi connectivity index (χ1v) is 8.85. The van der Waals surface area contributed by atoms with Crippen LogP contribution in [-0.4, -0.2) is 62.3 Å². The van der Waals surface area contributed by atoms with Gasteiger partial charge in [0.1, 0.15) is 0 Å². The minimum atomic E-state index is 0. The Labute approximate surface area is 172 Å². The molecule has 0 aliphatic heterocycles. The van der Waals surface area contributed by atoms with Gasteiger partial charge in [-0.05, 0) is 38.8 Å². The lowest BCUT2D eigenvalue weighted by Crippen LogP contribution is -3.00. The van der Waals surface area contributed by atoms with Crippen molar-refractivity contribution in [3.8, 4) is 0 Å². The van der Waals surface area contributed by atoms with Crippen molar-refractivity contribution in [2.24, 2.45) is 0 Å². The highest BCUT2D eigenvalue weighted by molar-refractivity contribution is 5.24. The van der Waals surface area contributed by atoms with Crippen molar-refractivity contribution < 1.29 is 42.9 Å². The zero-order valence-electron chi connectivity index (χ0n) is 16.9. The maximum atomic E-state index is 2.43. The highest BCUT2D eigenvalue weighted by Gasteiger charge is 2.23. The van der Waals surface area contributed by atoms with Gasteiger partial charge in [-0.15, -0.1) is 0 Å². The third-order valence-corrected chi connectivity index (χ3v) is 6.07. The van der Waals surface area contributed by atoms with E-state index in [1.807, 2.05) is 0 Å². The topological polar surface area (TPSA) is 0 Å². The first-order valence-electron chi connectivity index (χ1n) is 8.85. The molecule has 2 nitrogen and oxygen atoms in total. The maximum Gasteiger partial charge on any atom is 0.0898 e. The molecule has 0 saturated heterocycles. The summed E-state index contributed by atoms with van der Waals surface area (Å²) in [5, 5.41) is 0. The Bertz CT molecular complexity index is 433. The quantitative estimate of drug-likeness (QED) is 0.380. The predicted octanol–water partition coefficient (Wildman–Crippen LogP) is -2.25. The summed E-state index contributed by atoms with van der Waals surface area (Å²) < 4.78 is 2.17. The van der Waals surface area contributed by atoms with Crippen LogP contribution in [0.15, 0.2) is 24.3 Å². The Balaban J connectivity index is 0. The van der Waals surface area contributed by atoms with E-state index in [0.29, 0.717) is 12.1 Å². The maximum absolute atomic E-state index is 2.43. The molecule has 0 saturated carbocycles. The van der Waals surface area contributed by atoms with Crippen molar-refractivity contribution in [3.63, 3.8) is 0 Å². The van der Waals surface area contributed by atoms with Crippen LogP contribution in [0.5, 0.6) is 0 Å². The molecule has 0 amide bonds. The van der Waals surface area contributed by atoms with Crippen LogP contribution in [0, 0.1) is 0 Å². The number of hydrogen-bond acceptors (Lipinski definition) is 0. The number of halogens is 2. The first-order chi connectivity index (χ1) is 10.1. The summed E-state index contributed by atoms with van der Waals surface area (Å²) in [5.41, 5.74) is 2.97. The van der Waals surface area contributed by atoms with Crippen LogP contribution in [0.4, 0.5) is 0 Å². The van der Waals surface area contributed by atoms with Gasteiger partial charge in [-0.2, -0.15) is 0 Å². The second kappa shape index (κ2) is 10.9. The highest BCUT2D eigenvalue weighted by atomic mass is 79.9. The van der Waals surface area contributed by atoms with E-state index < -0.39 is 0 Å². The average molecular weight is 466 g/mol. The van der Waals surface area contributed by atoms with Crippen molar-refractivity contribution in [3.05, 3.63) is 35.4 Å². The molecule has 4 heteroatoms. The predicted molar refractivity (Wildman–Crippen MR) is 98.1 cm³/mol. The van der Waals surface area contributed by atoms with Crippen LogP contribution in [0.2, 0.25) is 0 Å². The van der Waals surface area contributed by atoms with E-state index in [0.717, 1.165) is 21.8 Å². The minimum absolute atomic E-state index is 0. The van der Waals surface area contributed by atoms with Crippen LogP contribution in [0.25, 0.3) is 0 Å². The van der Waals surface area contributed by atoms with Gasteiger partial charge in [-0.3, -0.25) is 0 Å². The first kappa shape index (κ1) is 26.3. The Kier molecular flexibility index (Phi) is 12.0. The van der Waals surface area contributed by atoms with Crippen molar-refractivity contribution >= 4 is 0 Å². The lowest BCUT2D eigenvalue weighted by Gasteiger charge is -2.36. The molecule has 0 spiro atoms. The number of quaternary nitrogens is 2. The van der Waals surface area contributed by atoms with E-state index in [9.17, 15) is 0 Å². The van der Waals surface area contributed by atoms with Crippen LogP contribution in [0.3, 0.4) is 0 Å². The van der Waals surface area contributed by atoms with E-state index in [4.69, 9.17) is 0 Å². The van der Waals surface area contributed by atoms with Crippen LogP contribution in [-0.2, 0) is 12.8 Å². The zero-order chi connectivity index (χ0) is 17.0. The number of benzene rings is 1. The molecule has 0 aromatic heterocycles. The molecule has 0 radical (unpaired) electrons. The molecule has 0 N–H and O–H groups in total. The van der Waals surface area contributed by atoms with Crippen molar-refractivity contribution in [2.75, 3.05) is 41.3 Å². The monoisotopic (exact) mass is 464 g/mol. The van der Waals surface area contributed by atoms with Gasteiger partial charge in [-0.25, -0.2) is 0 Å². The molecule has 1 aromatic carbocycles. The van der Waals surface area contributed by atoms with Gasteiger partial charge < -0.3 is 42.9 Å².